The number of nitrogens with two attached hydrogens (primary N) is 1. The Morgan fingerprint density at radius 1 is 1.17 bits per heavy atom. The van der Waals surface area contributed by atoms with E-state index >= 15 is 0 Å². The minimum atomic E-state index is -4.52. The van der Waals surface area contributed by atoms with Gasteiger partial charge in [-0.3, -0.25) is 4.79 Å². The number of rotatable bonds is 3. The van der Waals surface area contributed by atoms with Gasteiger partial charge in [0.15, 0.2) is 0 Å². The van der Waals surface area contributed by atoms with Crippen molar-refractivity contribution >= 4 is 11.6 Å². The van der Waals surface area contributed by atoms with E-state index < -0.39 is 17.6 Å². The molecule has 0 unspecified atom stereocenters. The fourth-order valence-electron chi connectivity index (χ4n) is 2.95. The zero-order valence-electron chi connectivity index (χ0n) is 13.3. The number of nitrogens with one attached hydrogen (secondary N) is 1. The lowest BCUT2D eigenvalue weighted by Crippen LogP contribution is -2.41. The van der Waals surface area contributed by atoms with Crippen LogP contribution in [0.25, 0.3) is 0 Å². The molecule has 0 aliphatic heterocycles. The van der Waals surface area contributed by atoms with Crippen molar-refractivity contribution in [2.45, 2.75) is 43.9 Å². The van der Waals surface area contributed by atoms with E-state index in [1.165, 1.54) is 6.07 Å². The topological polar surface area (TPSA) is 58.4 Å². The summed E-state index contributed by atoms with van der Waals surface area (Å²) in [6.07, 6.45) is -0.953. The van der Waals surface area contributed by atoms with Crippen LogP contribution in [0.5, 0.6) is 0 Å². The summed E-state index contributed by atoms with van der Waals surface area (Å²) in [5.41, 5.74) is 4.47. The van der Waals surface area contributed by atoms with E-state index in [9.17, 15) is 18.0 Å². The van der Waals surface area contributed by atoms with Gasteiger partial charge in [-0.2, -0.15) is 13.2 Å². The van der Waals surface area contributed by atoms with E-state index in [0.717, 1.165) is 37.8 Å². The summed E-state index contributed by atoms with van der Waals surface area (Å²) in [6, 6.07) is 3.44. The quantitative estimate of drug-likeness (QED) is 0.839. The molecule has 0 spiro atoms. The molecule has 3 N–H and O–H groups in total. The molecule has 0 heterocycles. The molecule has 1 fully saturated rings. The zero-order valence-corrected chi connectivity index (χ0v) is 13.3. The summed E-state index contributed by atoms with van der Waals surface area (Å²) in [6.45, 7) is 0. The van der Waals surface area contributed by atoms with Crippen molar-refractivity contribution in [2.24, 2.45) is 0 Å². The molecular formula is C16H22F3N3O. The van der Waals surface area contributed by atoms with Crippen LogP contribution in [-0.2, 0) is 6.18 Å². The predicted octanol–water partition coefficient (Wildman–Crippen LogP) is 2.89. The number of halogens is 3. The number of nitrogen functional groups attached to an aromatic ring is 1. The lowest BCUT2D eigenvalue weighted by atomic mass is 9.90. The van der Waals surface area contributed by atoms with Crippen LogP contribution in [0.1, 0.15) is 41.6 Å². The van der Waals surface area contributed by atoms with Gasteiger partial charge in [-0.25, -0.2) is 0 Å². The van der Waals surface area contributed by atoms with Crippen molar-refractivity contribution in [3.8, 4) is 0 Å². The van der Waals surface area contributed by atoms with Gasteiger partial charge in [-0.1, -0.05) is 0 Å². The predicted molar refractivity (Wildman–Crippen MR) is 83.1 cm³/mol. The third-order valence-corrected chi connectivity index (χ3v) is 4.31. The summed E-state index contributed by atoms with van der Waals surface area (Å²) in [7, 11) is 4.05. The number of carbonyl (C=O) groups is 1. The van der Waals surface area contributed by atoms with Crippen LogP contribution in [0.4, 0.5) is 18.9 Å². The van der Waals surface area contributed by atoms with E-state index in [2.05, 4.69) is 10.2 Å². The molecule has 0 saturated heterocycles. The summed E-state index contributed by atoms with van der Waals surface area (Å²) >= 11 is 0. The number of anilines is 1. The minimum absolute atomic E-state index is 0.00512. The minimum Gasteiger partial charge on any atom is -0.399 e. The van der Waals surface area contributed by atoms with Crippen LogP contribution in [0, 0.1) is 0 Å². The van der Waals surface area contributed by atoms with Crippen LogP contribution >= 0.6 is 0 Å². The lowest BCUT2D eigenvalue weighted by molar-refractivity contribution is -0.137. The molecule has 4 nitrogen and oxygen atoms in total. The second kappa shape index (κ2) is 6.78. The Labute approximate surface area is 133 Å². The van der Waals surface area contributed by atoms with Crippen molar-refractivity contribution in [3.63, 3.8) is 0 Å². The van der Waals surface area contributed by atoms with Crippen molar-refractivity contribution in [1.82, 2.24) is 10.2 Å². The number of hydrogen-bond acceptors (Lipinski definition) is 3. The van der Waals surface area contributed by atoms with E-state index in [1.807, 2.05) is 14.1 Å². The van der Waals surface area contributed by atoms with E-state index in [1.54, 1.807) is 0 Å². The molecule has 1 aromatic rings. The fourth-order valence-corrected chi connectivity index (χ4v) is 2.95. The average molecular weight is 329 g/mol. The highest BCUT2D eigenvalue weighted by Crippen LogP contribution is 2.31. The van der Waals surface area contributed by atoms with Gasteiger partial charge < -0.3 is 16.0 Å². The van der Waals surface area contributed by atoms with Crippen LogP contribution in [-0.4, -0.2) is 37.0 Å². The Morgan fingerprint density at radius 2 is 1.78 bits per heavy atom. The third kappa shape index (κ3) is 4.60. The number of amides is 1. The number of benzene rings is 1. The molecule has 0 bridgehead atoms. The Balaban J connectivity index is 2.03. The molecule has 1 aliphatic rings. The van der Waals surface area contributed by atoms with Crippen molar-refractivity contribution < 1.29 is 18.0 Å². The fraction of sp³-hybridized carbons (Fsp3) is 0.562. The first-order valence-corrected chi connectivity index (χ1v) is 7.62. The van der Waals surface area contributed by atoms with Gasteiger partial charge in [0.2, 0.25) is 0 Å². The van der Waals surface area contributed by atoms with E-state index in [0.29, 0.717) is 6.04 Å². The smallest absolute Gasteiger partial charge is 0.399 e. The van der Waals surface area contributed by atoms with Crippen molar-refractivity contribution in [2.75, 3.05) is 19.8 Å². The highest BCUT2D eigenvalue weighted by molar-refractivity contribution is 5.95. The Kier molecular flexibility index (Phi) is 5.19. The van der Waals surface area contributed by atoms with Crippen LogP contribution < -0.4 is 11.1 Å². The zero-order chi connectivity index (χ0) is 17.2. The number of alkyl halides is 3. The standard InChI is InChI=1S/C16H22F3N3O/c1-22(2)14-5-3-13(4-6-14)21-15(23)10-7-11(16(17,18)19)9-12(20)8-10/h7-9,13-14H,3-6,20H2,1-2H3,(H,21,23). The van der Waals surface area contributed by atoms with Gasteiger partial charge in [0.1, 0.15) is 0 Å². The molecule has 128 valence electrons. The lowest BCUT2D eigenvalue weighted by Gasteiger charge is -2.33. The van der Waals surface area contributed by atoms with Gasteiger partial charge in [-0.05, 0) is 58.0 Å². The first-order valence-electron chi connectivity index (χ1n) is 7.62. The van der Waals surface area contributed by atoms with Crippen LogP contribution in [0.15, 0.2) is 18.2 Å². The third-order valence-electron chi connectivity index (χ3n) is 4.31. The second-order valence-electron chi connectivity index (χ2n) is 6.28. The molecule has 1 amide bonds. The Bertz CT molecular complexity index is 564. The van der Waals surface area contributed by atoms with Gasteiger partial charge in [-0.15, -0.1) is 0 Å². The molecule has 0 radical (unpaired) electrons. The highest BCUT2D eigenvalue weighted by Gasteiger charge is 2.32. The molecule has 7 heteroatoms. The maximum Gasteiger partial charge on any atom is 0.416 e. The van der Waals surface area contributed by atoms with Gasteiger partial charge in [0, 0.05) is 23.3 Å². The van der Waals surface area contributed by atoms with E-state index in [4.69, 9.17) is 5.73 Å². The SMILES string of the molecule is CN(C)C1CCC(NC(=O)c2cc(N)cc(C(F)(F)F)c2)CC1. The molecule has 0 atom stereocenters. The summed E-state index contributed by atoms with van der Waals surface area (Å²) < 4.78 is 38.4. The number of carbonyl (C=O) groups excluding carboxylic acids is 1. The Hall–Kier alpha value is -1.76. The highest BCUT2D eigenvalue weighted by atomic mass is 19.4. The van der Waals surface area contributed by atoms with Crippen molar-refractivity contribution in [1.29, 1.82) is 0 Å². The first-order chi connectivity index (χ1) is 10.7. The van der Waals surface area contributed by atoms with Gasteiger partial charge >= 0.3 is 6.18 Å². The normalized spacial score (nSPS) is 22.2. The maximum atomic E-state index is 12.8. The van der Waals surface area contributed by atoms with E-state index in [-0.39, 0.29) is 17.3 Å². The Morgan fingerprint density at radius 3 is 2.30 bits per heavy atom. The second-order valence-corrected chi connectivity index (χ2v) is 6.28. The molecule has 23 heavy (non-hydrogen) atoms. The largest absolute Gasteiger partial charge is 0.416 e. The number of nitrogens with zero attached hydrogens (tertiary/aromatic N) is 1. The maximum absolute atomic E-state index is 12.8. The summed E-state index contributed by atoms with van der Waals surface area (Å²) in [4.78, 5) is 14.4. The molecule has 1 aromatic carbocycles. The molecule has 1 saturated carbocycles. The van der Waals surface area contributed by atoms with Crippen LogP contribution in [0.3, 0.4) is 0 Å². The molecular weight excluding hydrogens is 307 g/mol. The first kappa shape index (κ1) is 17.6. The van der Waals surface area contributed by atoms with Crippen LogP contribution in [0.2, 0.25) is 0 Å². The summed E-state index contributed by atoms with van der Waals surface area (Å²) in [5, 5.41) is 2.82. The average Bonchev–Trinajstić information content (AvgIpc) is 2.46. The summed E-state index contributed by atoms with van der Waals surface area (Å²) in [5.74, 6) is -0.504. The molecule has 2 rings (SSSR count). The monoisotopic (exact) mass is 329 g/mol. The van der Waals surface area contributed by atoms with Gasteiger partial charge in [0.05, 0.1) is 5.56 Å². The molecule has 0 aromatic heterocycles. The van der Waals surface area contributed by atoms with Crippen molar-refractivity contribution in [3.05, 3.63) is 29.3 Å². The van der Waals surface area contributed by atoms with Gasteiger partial charge in [0.25, 0.3) is 5.91 Å². The number of hydrogen-bond donors (Lipinski definition) is 2. The molecule has 1 aliphatic carbocycles.